The number of carbonyl (C=O) groups is 3. The van der Waals surface area contributed by atoms with E-state index in [2.05, 4.69) is 19.9 Å². The van der Waals surface area contributed by atoms with E-state index < -0.39 is 42.9 Å². The first-order chi connectivity index (χ1) is 11.5. The van der Waals surface area contributed by atoms with Crippen LogP contribution in [-0.2, 0) is 32.9 Å². The molecule has 0 spiro atoms. The highest BCUT2D eigenvalue weighted by atomic mass is 31.2. The minimum atomic E-state index is -3.39. The van der Waals surface area contributed by atoms with E-state index in [0.717, 1.165) is 0 Å². The fourth-order valence-electron chi connectivity index (χ4n) is 2.44. The fraction of sp³-hybridized carbons (Fsp3) is 0.800. The van der Waals surface area contributed by atoms with Crippen molar-refractivity contribution >= 4 is 25.4 Å². The standard InChI is InChI=1S/C15H27N2O7P/c1-10(14(20)23-5)17-25(21)9-7-15(2,3)12(24-25)13(19)16-8-6-11(18)22-4/h10,12H,6-9H2,1-5H3,(H,16,19)(H,17,21)/t10-,12-,25+/m0/s1. The molecular weight excluding hydrogens is 351 g/mol. The maximum atomic E-state index is 12.9. The van der Waals surface area contributed by atoms with E-state index in [9.17, 15) is 18.9 Å². The molecular formula is C15H27N2O7P. The smallest absolute Gasteiger partial charge is 0.323 e. The average molecular weight is 378 g/mol. The molecule has 1 heterocycles. The Morgan fingerprint density at radius 2 is 1.92 bits per heavy atom. The molecule has 1 rings (SSSR count). The van der Waals surface area contributed by atoms with Gasteiger partial charge in [0.05, 0.1) is 20.6 Å². The summed E-state index contributed by atoms with van der Waals surface area (Å²) in [5.41, 5.74) is -0.542. The predicted molar refractivity (Wildman–Crippen MR) is 90.0 cm³/mol. The minimum Gasteiger partial charge on any atom is -0.469 e. The first-order valence-electron chi connectivity index (χ1n) is 8.02. The Morgan fingerprint density at radius 1 is 1.28 bits per heavy atom. The van der Waals surface area contributed by atoms with Gasteiger partial charge in [0.2, 0.25) is 5.91 Å². The van der Waals surface area contributed by atoms with Crippen LogP contribution in [0.25, 0.3) is 0 Å². The molecule has 25 heavy (non-hydrogen) atoms. The summed E-state index contributed by atoms with van der Waals surface area (Å²) in [6.07, 6.45) is -0.264. The molecule has 0 radical (unpaired) electrons. The van der Waals surface area contributed by atoms with Gasteiger partial charge in [-0.05, 0) is 13.3 Å². The molecule has 0 aliphatic carbocycles. The van der Waals surface area contributed by atoms with Crippen LogP contribution in [0.3, 0.4) is 0 Å². The van der Waals surface area contributed by atoms with Crippen LogP contribution in [0.1, 0.15) is 33.6 Å². The van der Waals surface area contributed by atoms with Gasteiger partial charge in [0, 0.05) is 18.1 Å². The molecule has 0 aromatic carbocycles. The van der Waals surface area contributed by atoms with Crippen molar-refractivity contribution in [2.75, 3.05) is 26.9 Å². The molecule has 0 aromatic rings. The van der Waals surface area contributed by atoms with Gasteiger partial charge in [-0.15, -0.1) is 0 Å². The quantitative estimate of drug-likeness (QED) is 0.494. The Morgan fingerprint density at radius 3 is 2.48 bits per heavy atom. The summed E-state index contributed by atoms with van der Waals surface area (Å²) < 4.78 is 27.6. The number of hydrogen-bond donors (Lipinski definition) is 2. The van der Waals surface area contributed by atoms with E-state index in [1.54, 1.807) is 0 Å². The second kappa shape index (κ2) is 8.78. The molecule has 0 unspecified atom stereocenters. The highest BCUT2D eigenvalue weighted by molar-refractivity contribution is 7.57. The summed E-state index contributed by atoms with van der Waals surface area (Å²) in [6, 6.07) is -0.819. The average Bonchev–Trinajstić information content (AvgIpc) is 2.56. The van der Waals surface area contributed by atoms with E-state index >= 15 is 0 Å². The number of esters is 2. The van der Waals surface area contributed by atoms with Gasteiger partial charge in [0.15, 0.2) is 0 Å². The number of carbonyl (C=O) groups excluding carboxylic acids is 3. The Balaban J connectivity index is 2.75. The summed E-state index contributed by atoms with van der Waals surface area (Å²) in [5, 5.41) is 5.25. The lowest BCUT2D eigenvalue weighted by Crippen LogP contribution is -2.50. The van der Waals surface area contributed by atoms with Crippen molar-refractivity contribution in [3.05, 3.63) is 0 Å². The second-order valence-corrected chi connectivity index (χ2v) is 8.88. The zero-order valence-corrected chi connectivity index (χ0v) is 16.2. The van der Waals surface area contributed by atoms with Gasteiger partial charge in [0.1, 0.15) is 12.1 Å². The zero-order chi connectivity index (χ0) is 19.3. The van der Waals surface area contributed by atoms with E-state index in [1.165, 1.54) is 21.1 Å². The van der Waals surface area contributed by atoms with Crippen LogP contribution in [0.2, 0.25) is 0 Å². The third kappa shape index (κ3) is 6.09. The van der Waals surface area contributed by atoms with Crippen LogP contribution in [-0.4, -0.2) is 56.9 Å². The lowest BCUT2D eigenvalue weighted by atomic mass is 9.83. The molecule has 3 atom stereocenters. The Kier molecular flexibility index (Phi) is 7.59. The number of hydrogen-bond acceptors (Lipinski definition) is 7. The second-order valence-electron chi connectivity index (χ2n) is 6.61. The van der Waals surface area contributed by atoms with Gasteiger partial charge in [-0.25, -0.2) is 5.09 Å². The van der Waals surface area contributed by atoms with E-state index in [1.807, 2.05) is 13.8 Å². The van der Waals surface area contributed by atoms with Crippen LogP contribution < -0.4 is 10.4 Å². The van der Waals surface area contributed by atoms with Gasteiger partial charge in [-0.2, -0.15) is 0 Å². The van der Waals surface area contributed by atoms with Crippen molar-refractivity contribution < 1.29 is 32.9 Å². The molecule has 1 saturated heterocycles. The fourth-order valence-corrected chi connectivity index (χ4v) is 5.02. The Bertz CT molecular complexity index is 564. The molecule has 144 valence electrons. The predicted octanol–water partition coefficient (Wildman–Crippen LogP) is 0.825. The molecule has 0 aromatic heterocycles. The van der Waals surface area contributed by atoms with Crippen molar-refractivity contribution in [1.29, 1.82) is 0 Å². The minimum absolute atomic E-state index is 0.0324. The number of ether oxygens (including phenoxy) is 2. The van der Waals surface area contributed by atoms with Crippen LogP contribution in [0.4, 0.5) is 0 Å². The van der Waals surface area contributed by atoms with Crippen LogP contribution in [0.15, 0.2) is 0 Å². The van der Waals surface area contributed by atoms with Crippen molar-refractivity contribution in [3.63, 3.8) is 0 Å². The summed E-state index contributed by atoms with van der Waals surface area (Å²) >= 11 is 0. The third-order valence-corrected chi connectivity index (χ3v) is 6.22. The molecule has 0 saturated carbocycles. The monoisotopic (exact) mass is 378 g/mol. The molecule has 9 nitrogen and oxygen atoms in total. The first kappa shape index (κ1) is 21.6. The van der Waals surface area contributed by atoms with E-state index in [4.69, 9.17) is 4.52 Å². The summed E-state index contributed by atoms with van der Waals surface area (Å²) in [5.74, 6) is -1.47. The number of nitrogens with one attached hydrogen (secondary N) is 2. The van der Waals surface area contributed by atoms with Gasteiger partial charge < -0.3 is 19.3 Å². The van der Waals surface area contributed by atoms with E-state index in [-0.39, 0.29) is 19.1 Å². The van der Waals surface area contributed by atoms with Gasteiger partial charge in [0.25, 0.3) is 7.52 Å². The number of amides is 1. The third-order valence-electron chi connectivity index (χ3n) is 4.08. The Labute approximate surface area is 147 Å². The summed E-state index contributed by atoms with van der Waals surface area (Å²) in [7, 11) is -0.886. The maximum Gasteiger partial charge on any atom is 0.323 e. The first-order valence-corrected chi connectivity index (χ1v) is 9.83. The Hall–Kier alpha value is -1.44. The lowest BCUT2D eigenvalue weighted by Gasteiger charge is -2.41. The molecule has 0 bridgehead atoms. The van der Waals surface area contributed by atoms with Gasteiger partial charge in [-0.1, -0.05) is 13.8 Å². The summed E-state index contributed by atoms with van der Waals surface area (Å²) in [6.45, 7) is 5.29. The maximum absolute atomic E-state index is 12.9. The molecule has 2 N–H and O–H groups in total. The number of methoxy groups -OCH3 is 2. The normalized spacial score (nSPS) is 26.4. The topological polar surface area (TPSA) is 120 Å². The molecule has 1 aliphatic rings. The molecule has 10 heteroatoms. The lowest BCUT2D eigenvalue weighted by molar-refractivity contribution is -0.142. The van der Waals surface area contributed by atoms with Crippen molar-refractivity contribution in [2.24, 2.45) is 5.41 Å². The van der Waals surface area contributed by atoms with E-state index in [0.29, 0.717) is 6.42 Å². The SMILES string of the molecule is COC(=O)CCNC(=O)[C@@H]1O[P@@](=O)(N[C@@H](C)C(=O)OC)CCC1(C)C. The zero-order valence-electron chi connectivity index (χ0n) is 15.3. The number of rotatable bonds is 7. The van der Waals surface area contributed by atoms with Crippen LogP contribution in [0, 0.1) is 5.41 Å². The van der Waals surface area contributed by atoms with Crippen LogP contribution in [0.5, 0.6) is 0 Å². The van der Waals surface area contributed by atoms with Crippen LogP contribution >= 0.6 is 7.52 Å². The summed E-state index contributed by atoms with van der Waals surface area (Å²) in [4.78, 5) is 35.0. The largest absolute Gasteiger partial charge is 0.469 e. The van der Waals surface area contributed by atoms with Crippen molar-refractivity contribution in [2.45, 2.75) is 45.8 Å². The highest BCUT2D eigenvalue weighted by Crippen LogP contribution is 2.54. The van der Waals surface area contributed by atoms with Gasteiger partial charge in [-0.3, -0.25) is 18.9 Å². The molecule has 1 amide bonds. The molecule has 1 aliphatic heterocycles. The van der Waals surface area contributed by atoms with Gasteiger partial charge >= 0.3 is 11.9 Å². The van der Waals surface area contributed by atoms with Crippen molar-refractivity contribution in [1.82, 2.24) is 10.4 Å². The highest BCUT2D eigenvalue weighted by Gasteiger charge is 2.47. The van der Waals surface area contributed by atoms with Crippen molar-refractivity contribution in [3.8, 4) is 0 Å². The molecule has 1 fully saturated rings.